The first-order valence-corrected chi connectivity index (χ1v) is 15.2. The van der Waals surface area contributed by atoms with Crippen LogP contribution in [0, 0.1) is 0 Å². The number of carbonyl (C=O) groups excluding carboxylic acids is 2. The molecule has 0 radical (unpaired) electrons. The number of rotatable bonds is 11. The van der Waals surface area contributed by atoms with Crippen molar-refractivity contribution in [3.63, 3.8) is 0 Å². The van der Waals surface area contributed by atoms with Crippen molar-refractivity contribution in [2.24, 2.45) is 0 Å². The Morgan fingerprint density at radius 2 is 1.71 bits per heavy atom. The lowest BCUT2D eigenvalue weighted by atomic mass is 9.95. The third-order valence-corrected chi connectivity index (χ3v) is 8.24. The Labute approximate surface area is 227 Å². The largest absolute Gasteiger partial charge is 0.497 e. The van der Waals surface area contributed by atoms with Gasteiger partial charge >= 0.3 is 0 Å². The van der Waals surface area contributed by atoms with Gasteiger partial charge in [0, 0.05) is 12.6 Å². The normalized spacial score (nSPS) is 15.1. The maximum Gasteiger partial charge on any atom is 0.244 e. The average molecular weight is 544 g/mol. The summed E-state index contributed by atoms with van der Waals surface area (Å²) in [6.45, 7) is 5.39. The van der Waals surface area contributed by atoms with Crippen molar-refractivity contribution in [2.45, 2.75) is 77.4 Å². The first-order valence-electron chi connectivity index (χ1n) is 13.3. The number of amides is 2. The topological polar surface area (TPSA) is 96.0 Å². The van der Waals surface area contributed by atoms with Crippen LogP contribution in [0.2, 0.25) is 0 Å². The smallest absolute Gasteiger partial charge is 0.244 e. The fourth-order valence-corrected chi connectivity index (χ4v) is 5.78. The number of para-hydroxylation sites is 1. The van der Waals surface area contributed by atoms with Crippen molar-refractivity contribution in [2.75, 3.05) is 24.2 Å². The van der Waals surface area contributed by atoms with Gasteiger partial charge < -0.3 is 15.0 Å². The van der Waals surface area contributed by atoms with E-state index in [0.29, 0.717) is 11.4 Å². The van der Waals surface area contributed by atoms with Crippen LogP contribution in [0.5, 0.6) is 5.75 Å². The molecule has 1 atom stereocenters. The zero-order valence-corrected chi connectivity index (χ0v) is 24.0. The van der Waals surface area contributed by atoms with E-state index < -0.39 is 28.5 Å². The van der Waals surface area contributed by atoms with Crippen molar-refractivity contribution in [3.8, 4) is 5.75 Å². The fourth-order valence-electron chi connectivity index (χ4n) is 4.92. The monoisotopic (exact) mass is 543 g/mol. The molecule has 0 spiro atoms. The number of hydrogen-bond donors (Lipinski definition) is 1. The lowest BCUT2D eigenvalue weighted by molar-refractivity contribution is -0.139. The van der Waals surface area contributed by atoms with Gasteiger partial charge in [0.1, 0.15) is 18.3 Å². The first-order chi connectivity index (χ1) is 18.0. The molecule has 1 fully saturated rings. The predicted octanol–water partition coefficient (Wildman–Crippen LogP) is 4.45. The van der Waals surface area contributed by atoms with E-state index in [2.05, 4.69) is 5.32 Å². The van der Waals surface area contributed by atoms with Crippen LogP contribution in [0.3, 0.4) is 0 Å². The number of carbonyl (C=O) groups is 2. The van der Waals surface area contributed by atoms with Crippen LogP contribution in [-0.2, 0) is 26.2 Å². The second-order valence-electron chi connectivity index (χ2n) is 10.4. The standard InChI is InChI=1S/C29H41N3O5S/c1-21(2)26-16-9-10-17-27(26)32(38(5,35)36)20-28(33)31(19-23-12-11-15-25(18-23)37-4)22(3)29(34)30-24-13-7-6-8-14-24/h9-12,15-18,21-22,24H,6-8,13-14,19-20H2,1-5H3,(H,30,34)/t22-/m1/s1. The maximum absolute atomic E-state index is 13.9. The number of nitrogens with zero attached hydrogens (tertiary/aromatic N) is 2. The Morgan fingerprint density at radius 1 is 1.03 bits per heavy atom. The molecular formula is C29H41N3O5S. The quantitative estimate of drug-likeness (QED) is 0.452. The molecule has 208 valence electrons. The molecule has 0 aliphatic heterocycles. The lowest BCUT2D eigenvalue weighted by Crippen LogP contribution is -2.53. The Bertz CT molecular complexity index is 1210. The molecule has 2 aromatic carbocycles. The van der Waals surface area contributed by atoms with Crippen LogP contribution >= 0.6 is 0 Å². The van der Waals surface area contributed by atoms with E-state index in [9.17, 15) is 18.0 Å². The van der Waals surface area contributed by atoms with Crippen molar-refractivity contribution in [1.82, 2.24) is 10.2 Å². The van der Waals surface area contributed by atoms with Gasteiger partial charge in [-0.2, -0.15) is 0 Å². The van der Waals surface area contributed by atoms with E-state index >= 15 is 0 Å². The Balaban J connectivity index is 1.93. The number of methoxy groups -OCH3 is 1. The van der Waals surface area contributed by atoms with Crippen molar-refractivity contribution in [1.29, 1.82) is 0 Å². The molecule has 1 aliphatic carbocycles. The van der Waals surface area contributed by atoms with Crippen LogP contribution in [0.4, 0.5) is 5.69 Å². The van der Waals surface area contributed by atoms with E-state index in [-0.39, 0.29) is 24.4 Å². The maximum atomic E-state index is 13.9. The molecule has 0 saturated heterocycles. The number of nitrogens with one attached hydrogen (secondary N) is 1. The number of ether oxygens (including phenoxy) is 1. The number of benzene rings is 2. The summed E-state index contributed by atoms with van der Waals surface area (Å²) in [5, 5.41) is 3.11. The molecule has 0 aromatic heterocycles. The molecule has 1 saturated carbocycles. The van der Waals surface area contributed by atoms with Crippen molar-refractivity contribution >= 4 is 27.5 Å². The van der Waals surface area contributed by atoms with Gasteiger partial charge in [0.25, 0.3) is 0 Å². The van der Waals surface area contributed by atoms with Crippen molar-refractivity contribution in [3.05, 3.63) is 59.7 Å². The van der Waals surface area contributed by atoms with E-state index in [1.54, 1.807) is 26.2 Å². The summed E-state index contributed by atoms with van der Waals surface area (Å²) in [7, 11) is -2.22. The van der Waals surface area contributed by atoms with Crippen LogP contribution in [0.15, 0.2) is 48.5 Å². The van der Waals surface area contributed by atoms with Gasteiger partial charge in [-0.05, 0) is 55.0 Å². The highest BCUT2D eigenvalue weighted by molar-refractivity contribution is 7.92. The molecule has 3 rings (SSSR count). The number of hydrogen-bond acceptors (Lipinski definition) is 5. The minimum atomic E-state index is -3.79. The van der Waals surface area contributed by atoms with Crippen LogP contribution in [0.25, 0.3) is 0 Å². The molecule has 2 aromatic rings. The first kappa shape index (κ1) is 29.5. The van der Waals surface area contributed by atoms with Gasteiger partial charge in [0.2, 0.25) is 21.8 Å². The third-order valence-electron chi connectivity index (χ3n) is 7.11. The molecule has 0 heterocycles. The van der Waals surface area contributed by atoms with E-state index in [1.807, 2.05) is 50.2 Å². The summed E-state index contributed by atoms with van der Waals surface area (Å²) in [5.41, 5.74) is 2.08. The molecule has 2 amide bonds. The highest BCUT2D eigenvalue weighted by Gasteiger charge is 2.32. The number of anilines is 1. The molecule has 38 heavy (non-hydrogen) atoms. The summed E-state index contributed by atoms with van der Waals surface area (Å²) in [5.74, 6) is 0.00111. The van der Waals surface area contributed by atoms with Crippen LogP contribution in [0.1, 0.15) is 69.9 Å². The summed E-state index contributed by atoms with van der Waals surface area (Å²) in [6.07, 6.45) is 6.27. The zero-order valence-electron chi connectivity index (χ0n) is 23.1. The highest BCUT2D eigenvalue weighted by Crippen LogP contribution is 2.29. The fraction of sp³-hybridized carbons (Fsp3) is 0.517. The van der Waals surface area contributed by atoms with Gasteiger partial charge in [0.15, 0.2) is 0 Å². The molecule has 1 N–H and O–H groups in total. The molecule has 0 unspecified atom stereocenters. The average Bonchev–Trinajstić information content (AvgIpc) is 2.89. The third kappa shape index (κ3) is 7.72. The van der Waals surface area contributed by atoms with Gasteiger partial charge in [-0.15, -0.1) is 0 Å². The molecular weight excluding hydrogens is 502 g/mol. The predicted molar refractivity (Wildman–Crippen MR) is 151 cm³/mol. The Kier molecular flexibility index (Phi) is 10.2. The second-order valence-corrected chi connectivity index (χ2v) is 12.3. The molecule has 8 nitrogen and oxygen atoms in total. The molecule has 1 aliphatic rings. The number of sulfonamides is 1. The highest BCUT2D eigenvalue weighted by atomic mass is 32.2. The summed E-state index contributed by atoms with van der Waals surface area (Å²) in [6, 6.07) is 13.8. The molecule has 0 bridgehead atoms. The van der Waals surface area contributed by atoms with Gasteiger partial charge in [-0.3, -0.25) is 13.9 Å². The Morgan fingerprint density at radius 3 is 2.34 bits per heavy atom. The summed E-state index contributed by atoms with van der Waals surface area (Å²) >= 11 is 0. The summed E-state index contributed by atoms with van der Waals surface area (Å²) < 4.78 is 32.4. The zero-order chi connectivity index (χ0) is 27.9. The van der Waals surface area contributed by atoms with E-state index in [4.69, 9.17) is 4.74 Å². The van der Waals surface area contributed by atoms with Gasteiger partial charge in [-0.25, -0.2) is 8.42 Å². The SMILES string of the molecule is COc1cccc(CN(C(=O)CN(c2ccccc2C(C)C)S(C)(=O)=O)[C@H](C)C(=O)NC2CCCCC2)c1. The summed E-state index contributed by atoms with van der Waals surface area (Å²) in [4.78, 5) is 28.6. The van der Waals surface area contributed by atoms with Crippen LogP contribution < -0.4 is 14.4 Å². The van der Waals surface area contributed by atoms with E-state index in [1.165, 1.54) is 11.3 Å². The van der Waals surface area contributed by atoms with Gasteiger partial charge in [-0.1, -0.05) is 63.4 Å². The second kappa shape index (κ2) is 13.1. The minimum Gasteiger partial charge on any atom is -0.497 e. The minimum absolute atomic E-state index is 0.0543. The Hall–Kier alpha value is -3.07. The van der Waals surface area contributed by atoms with Crippen LogP contribution in [-0.4, -0.2) is 57.1 Å². The lowest BCUT2D eigenvalue weighted by Gasteiger charge is -2.33. The molecule has 9 heteroatoms. The van der Waals surface area contributed by atoms with Gasteiger partial charge in [0.05, 0.1) is 19.1 Å². The van der Waals surface area contributed by atoms with Crippen molar-refractivity contribution < 1.29 is 22.7 Å². The van der Waals surface area contributed by atoms with E-state index in [0.717, 1.165) is 47.4 Å².